The number of rotatable bonds is 12. The second kappa shape index (κ2) is 11.3. The molecular formula is C22H43N3O3. The number of hydrogen-bond acceptors (Lipinski definition) is 5. The summed E-state index contributed by atoms with van der Waals surface area (Å²) >= 11 is 0. The summed E-state index contributed by atoms with van der Waals surface area (Å²) in [4.78, 5) is 26.0. The highest BCUT2D eigenvalue weighted by molar-refractivity contribution is 6.03. The van der Waals surface area contributed by atoms with E-state index in [-0.39, 0.29) is 23.1 Å². The van der Waals surface area contributed by atoms with Crippen LogP contribution in [0.5, 0.6) is 0 Å². The zero-order chi connectivity index (χ0) is 21.4. The number of nitrogens with zero attached hydrogens (tertiary/aromatic N) is 1. The van der Waals surface area contributed by atoms with Gasteiger partial charge in [-0.1, -0.05) is 54.4 Å². The maximum atomic E-state index is 12.4. The molecule has 2 amide bonds. The fourth-order valence-electron chi connectivity index (χ4n) is 3.50. The molecule has 1 fully saturated rings. The monoisotopic (exact) mass is 397 g/mol. The lowest BCUT2D eigenvalue weighted by Crippen LogP contribution is -2.42. The smallest absolute Gasteiger partial charge is 0.233 e. The summed E-state index contributed by atoms with van der Waals surface area (Å²) in [6, 6.07) is 0. The van der Waals surface area contributed by atoms with Gasteiger partial charge in [-0.15, -0.1) is 0 Å². The zero-order valence-electron chi connectivity index (χ0n) is 18.9. The van der Waals surface area contributed by atoms with E-state index < -0.39 is 6.35 Å². The number of nitrogens with one attached hydrogen (secondary N) is 2. The van der Waals surface area contributed by atoms with E-state index in [1.807, 2.05) is 20.8 Å². The van der Waals surface area contributed by atoms with Crippen LogP contribution in [-0.2, 0) is 9.59 Å². The van der Waals surface area contributed by atoms with Gasteiger partial charge in [0.05, 0.1) is 5.92 Å². The quantitative estimate of drug-likeness (QED) is 0.268. The van der Waals surface area contributed by atoms with E-state index in [4.69, 9.17) is 0 Å². The molecule has 0 aromatic heterocycles. The Balaban J connectivity index is 2.07. The van der Waals surface area contributed by atoms with Gasteiger partial charge in [-0.05, 0) is 49.6 Å². The first kappa shape index (κ1) is 25.1. The van der Waals surface area contributed by atoms with Gasteiger partial charge in [0.25, 0.3) is 0 Å². The van der Waals surface area contributed by atoms with Crippen LogP contribution in [0, 0.1) is 16.7 Å². The Morgan fingerprint density at radius 3 is 2.04 bits per heavy atom. The third kappa shape index (κ3) is 9.48. The van der Waals surface area contributed by atoms with Crippen molar-refractivity contribution in [3.63, 3.8) is 0 Å². The second-order valence-electron chi connectivity index (χ2n) is 10.4. The van der Waals surface area contributed by atoms with Crippen LogP contribution in [0.25, 0.3) is 0 Å². The van der Waals surface area contributed by atoms with E-state index in [0.717, 1.165) is 38.6 Å². The minimum Gasteiger partial charge on any atom is -0.365 e. The maximum Gasteiger partial charge on any atom is 0.233 e. The SMILES string of the molecule is CC(C)(C)CCCCNC(O)NCCCCCN1C(=O)CC(C(C)(C)C)C1=O. The summed E-state index contributed by atoms with van der Waals surface area (Å²) in [7, 11) is 0. The first-order valence-corrected chi connectivity index (χ1v) is 10.9. The summed E-state index contributed by atoms with van der Waals surface area (Å²) in [6.45, 7) is 14.8. The molecule has 2 atom stereocenters. The van der Waals surface area contributed by atoms with Crippen LogP contribution in [0.4, 0.5) is 0 Å². The van der Waals surface area contributed by atoms with Gasteiger partial charge < -0.3 is 5.11 Å². The molecule has 0 saturated carbocycles. The van der Waals surface area contributed by atoms with Crippen LogP contribution in [0.15, 0.2) is 0 Å². The molecule has 1 saturated heterocycles. The Labute approximate surface area is 171 Å². The molecule has 1 rings (SSSR count). The highest BCUT2D eigenvalue weighted by Gasteiger charge is 2.44. The number of unbranched alkanes of at least 4 members (excludes halogenated alkanes) is 3. The van der Waals surface area contributed by atoms with Crippen molar-refractivity contribution in [3.8, 4) is 0 Å². The average Bonchev–Trinajstić information content (AvgIpc) is 2.84. The van der Waals surface area contributed by atoms with Crippen molar-refractivity contribution in [1.29, 1.82) is 0 Å². The number of imide groups is 1. The molecule has 0 aliphatic carbocycles. The fraction of sp³-hybridized carbons (Fsp3) is 0.909. The molecule has 0 aromatic carbocycles. The first-order chi connectivity index (χ1) is 12.9. The minimum atomic E-state index is -0.677. The van der Waals surface area contributed by atoms with Gasteiger partial charge in [0.1, 0.15) is 0 Å². The molecule has 1 aliphatic heterocycles. The topological polar surface area (TPSA) is 81.7 Å². The molecule has 164 valence electrons. The molecule has 0 spiro atoms. The van der Waals surface area contributed by atoms with Crippen LogP contribution < -0.4 is 10.6 Å². The van der Waals surface area contributed by atoms with Crippen molar-refractivity contribution < 1.29 is 14.7 Å². The van der Waals surface area contributed by atoms with Gasteiger partial charge in [-0.25, -0.2) is 0 Å². The average molecular weight is 398 g/mol. The van der Waals surface area contributed by atoms with Crippen LogP contribution in [-0.4, -0.2) is 47.8 Å². The standard InChI is InChI=1S/C22H43N3O3/c1-21(2,3)12-8-10-14-24-20(28)23-13-9-7-11-15-25-18(26)16-17(19(25)27)22(4,5)6/h17,20,23-24,28H,7-16H2,1-6H3. The van der Waals surface area contributed by atoms with E-state index in [1.165, 1.54) is 11.3 Å². The number of likely N-dealkylation sites (tertiary alicyclic amines) is 1. The molecule has 0 radical (unpaired) electrons. The second-order valence-corrected chi connectivity index (χ2v) is 10.4. The first-order valence-electron chi connectivity index (χ1n) is 10.9. The Morgan fingerprint density at radius 1 is 0.964 bits per heavy atom. The Bertz CT molecular complexity index is 494. The van der Waals surface area contributed by atoms with Crippen LogP contribution >= 0.6 is 0 Å². The molecule has 6 heteroatoms. The lowest BCUT2D eigenvalue weighted by Gasteiger charge is -2.24. The third-order valence-corrected chi connectivity index (χ3v) is 5.38. The van der Waals surface area contributed by atoms with Crippen molar-refractivity contribution in [2.24, 2.45) is 16.7 Å². The summed E-state index contributed by atoms with van der Waals surface area (Å²) in [5, 5.41) is 16.0. The number of aliphatic hydroxyl groups is 1. The normalized spacial score (nSPS) is 19.5. The van der Waals surface area contributed by atoms with Crippen molar-refractivity contribution >= 4 is 11.8 Å². The van der Waals surface area contributed by atoms with E-state index >= 15 is 0 Å². The molecule has 1 heterocycles. The fourth-order valence-corrected chi connectivity index (χ4v) is 3.50. The third-order valence-electron chi connectivity index (χ3n) is 5.38. The van der Waals surface area contributed by atoms with E-state index in [1.54, 1.807) is 0 Å². The molecule has 1 aliphatic rings. The van der Waals surface area contributed by atoms with Gasteiger partial charge in [-0.2, -0.15) is 0 Å². The Kier molecular flexibility index (Phi) is 10.1. The maximum absolute atomic E-state index is 12.4. The number of aliphatic hydroxyl groups excluding tert-OH is 1. The van der Waals surface area contributed by atoms with E-state index in [2.05, 4.69) is 31.4 Å². The van der Waals surface area contributed by atoms with Crippen molar-refractivity contribution in [3.05, 3.63) is 0 Å². The largest absolute Gasteiger partial charge is 0.365 e. The molecule has 6 nitrogen and oxygen atoms in total. The van der Waals surface area contributed by atoms with Gasteiger partial charge in [-0.3, -0.25) is 25.1 Å². The van der Waals surface area contributed by atoms with Gasteiger partial charge in [0.15, 0.2) is 6.35 Å². The summed E-state index contributed by atoms with van der Waals surface area (Å²) in [5.74, 6) is -0.234. The molecule has 2 unspecified atom stereocenters. The Hall–Kier alpha value is -0.980. The minimum absolute atomic E-state index is 0.0123. The van der Waals surface area contributed by atoms with Gasteiger partial charge >= 0.3 is 0 Å². The van der Waals surface area contributed by atoms with Gasteiger partial charge in [0, 0.05) is 13.0 Å². The van der Waals surface area contributed by atoms with Crippen molar-refractivity contribution in [2.75, 3.05) is 19.6 Å². The molecule has 0 bridgehead atoms. The predicted octanol–water partition coefficient (Wildman–Crippen LogP) is 3.25. The highest BCUT2D eigenvalue weighted by Crippen LogP contribution is 2.35. The summed E-state index contributed by atoms with van der Waals surface area (Å²) < 4.78 is 0. The highest BCUT2D eigenvalue weighted by atomic mass is 16.3. The summed E-state index contributed by atoms with van der Waals surface area (Å²) in [6.07, 6.45) is 5.71. The predicted molar refractivity (Wildman–Crippen MR) is 113 cm³/mol. The van der Waals surface area contributed by atoms with Crippen LogP contribution in [0.3, 0.4) is 0 Å². The van der Waals surface area contributed by atoms with Crippen molar-refractivity contribution in [1.82, 2.24) is 15.5 Å². The van der Waals surface area contributed by atoms with E-state index in [9.17, 15) is 14.7 Å². The number of carbonyl (C=O) groups is 2. The van der Waals surface area contributed by atoms with Gasteiger partial charge in [0.2, 0.25) is 11.8 Å². The number of amides is 2. The lowest BCUT2D eigenvalue weighted by atomic mass is 9.80. The van der Waals surface area contributed by atoms with Crippen molar-refractivity contribution in [2.45, 2.75) is 92.8 Å². The number of carbonyl (C=O) groups excluding carboxylic acids is 2. The molecular weight excluding hydrogens is 354 g/mol. The summed E-state index contributed by atoms with van der Waals surface area (Å²) in [5.41, 5.74) is 0.204. The zero-order valence-corrected chi connectivity index (χ0v) is 18.9. The molecule has 3 N–H and O–H groups in total. The Morgan fingerprint density at radius 2 is 1.54 bits per heavy atom. The lowest BCUT2D eigenvalue weighted by molar-refractivity contribution is -0.140. The number of hydrogen-bond donors (Lipinski definition) is 3. The van der Waals surface area contributed by atoms with Crippen LogP contribution in [0.1, 0.15) is 86.5 Å². The molecule has 28 heavy (non-hydrogen) atoms. The molecule has 0 aromatic rings. The van der Waals surface area contributed by atoms with E-state index in [0.29, 0.717) is 24.9 Å². The van der Waals surface area contributed by atoms with Crippen LogP contribution in [0.2, 0.25) is 0 Å².